The number of carbonyl (C=O) groups is 1. The number of carbonyl (C=O) groups excluding carboxylic acids is 1. The molecule has 0 unspecified atom stereocenters. The van der Waals surface area contributed by atoms with Crippen LogP contribution in [0.2, 0.25) is 5.02 Å². The third kappa shape index (κ3) is 5.77. The minimum atomic E-state index is -0.646. The molecule has 2 heterocycles. The van der Waals surface area contributed by atoms with E-state index in [-0.39, 0.29) is 24.4 Å². The normalized spacial score (nSPS) is 21.9. The summed E-state index contributed by atoms with van der Waals surface area (Å²) >= 11 is 6.23. The second kappa shape index (κ2) is 11.9. The summed E-state index contributed by atoms with van der Waals surface area (Å²) in [6.45, 7) is 4.68. The number of hydrogen-bond donors (Lipinski definition) is 0. The molecular weight excluding hydrogens is 539 g/mol. The summed E-state index contributed by atoms with van der Waals surface area (Å²) in [7, 11) is 1.83. The summed E-state index contributed by atoms with van der Waals surface area (Å²) in [5, 5.41) is 5.32. The monoisotopic (exact) mass is 573 g/mol. The van der Waals surface area contributed by atoms with Crippen molar-refractivity contribution in [3.63, 3.8) is 0 Å². The Morgan fingerprint density at radius 3 is 2.52 bits per heavy atom. The molecule has 1 amide bonds. The molecule has 1 aliphatic carbocycles. The first-order valence-electron chi connectivity index (χ1n) is 13.9. The highest BCUT2D eigenvalue weighted by Crippen LogP contribution is 2.44. The maximum atomic E-state index is 14.9. The Hall–Kier alpha value is -2.91. The van der Waals surface area contributed by atoms with Gasteiger partial charge in [0.05, 0.1) is 5.69 Å². The van der Waals surface area contributed by atoms with Gasteiger partial charge in [0.1, 0.15) is 30.0 Å². The van der Waals surface area contributed by atoms with Crippen LogP contribution in [-0.4, -0.2) is 69.9 Å². The topological polar surface area (TPSA) is 54.3 Å². The summed E-state index contributed by atoms with van der Waals surface area (Å²) in [5.74, 6) is -0.475. The molecule has 10 heteroatoms. The molecule has 0 bridgehead atoms. The van der Waals surface area contributed by atoms with Gasteiger partial charge in [0, 0.05) is 48.6 Å². The smallest absolute Gasteiger partial charge is 0.226 e. The van der Waals surface area contributed by atoms with Crippen molar-refractivity contribution in [1.82, 2.24) is 24.6 Å². The molecule has 0 N–H and O–H groups in total. The number of amides is 1. The van der Waals surface area contributed by atoms with Crippen LogP contribution in [0.4, 0.5) is 13.2 Å². The number of rotatable bonds is 7. The van der Waals surface area contributed by atoms with E-state index in [4.69, 9.17) is 16.6 Å². The summed E-state index contributed by atoms with van der Waals surface area (Å²) in [5.41, 5.74) is 2.21. The van der Waals surface area contributed by atoms with Crippen LogP contribution < -0.4 is 0 Å². The highest BCUT2D eigenvalue weighted by molar-refractivity contribution is 6.31. The Labute approximate surface area is 238 Å². The molecule has 3 aromatic rings. The van der Waals surface area contributed by atoms with E-state index in [1.54, 1.807) is 0 Å². The molecule has 0 spiro atoms. The summed E-state index contributed by atoms with van der Waals surface area (Å²) in [6.07, 6.45) is 2.49. The van der Waals surface area contributed by atoms with Crippen LogP contribution in [0.1, 0.15) is 60.3 Å². The van der Waals surface area contributed by atoms with Crippen molar-refractivity contribution in [3.8, 4) is 5.69 Å². The number of likely N-dealkylation sites (tertiary alicyclic amines) is 1. The number of alkyl halides is 1. The zero-order valence-corrected chi connectivity index (χ0v) is 23.8. The Balaban J connectivity index is 1.33. The molecule has 1 saturated heterocycles. The zero-order chi connectivity index (χ0) is 28.6. The van der Waals surface area contributed by atoms with E-state index in [1.807, 2.05) is 53.6 Å². The Kier molecular flexibility index (Phi) is 8.52. The predicted molar refractivity (Wildman–Crippen MR) is 149 cm³/mol. The fourth-order valence-corrected chi connectivity index (χ4v) is 6.46. The molecule has 214 valence electrons. The zero-order valence-electron chi connectivity index (χ0n) is 23.1. The van der Waals surface area contributed by atoms with E-state index in [0.717, 1.165) is 36.0 Å². The number of benzene rings is 2. The summed E-state index contributed by atoms with van der Waals surface area (Å²) in [6, 6.07) is 9.29. The van der Waals surface area contributed by atoms with Crippen LogP contribution in [-0.2, 0) is 4.79 Å². The van der Waals surface area contributed by atoms with E-state index in [1.165, 1.54) is 12.1 Å². The summed E-state index contributed by atoms with van der Waals surface area (Å²) in [4.78, 5) is 22.4. The fraction of sp³-hybridized carbons (Fsp3) is 0.500. The fourth-order valence-electron chi connectivity index (χ4n) is 6.34. The third-order valence-electron chi connectivity index (χ3n) is 8.57. The van der Waals surface area contributed by atoms with Gasteiger partial charge in [-0.2, -0.15) is 5.10 Å². The predicted octanol–water partition coefficient (Wildman–Crippen LogP) is 5.99. The molecule has 6 nitrogen and oxygen atoms in total. The average Bonchev–Trinajstić information content (AvgIpc) is 3.54. The van der Waals surface area contributed by atoms with Gasteiger partial charge in [0.15, 0.2) is 0 Å². The molecule has 1 aliphatic heterocycles. The summed E-state index contributed by atoms with van der Waals surface area (Å²) < 4.78 is 43.5. The first-order valence-corrected chi connectivity index (χ1v) is 14.2. The van der Waals surface area contributed by atoms with Crippen molar-refractivity contribution in [2.75, 3.05) is 33.4 Å². The molecule has 5 rings (SSSR count). The molecule has 40 heavy (non-hydrogen) atoms. The Morgan fingerprint density at radius 1 is 1.10 bits per heavy atom. The quantitative estimate of drug-likeness (QED) is 0.349. The van der Waals surface area contributed by atoms with Gasteiger partial charge in [0.25, 0.3) is 0 Å². The van der Waals surface area contributed by atoms with Crippen molar-refractivity contribution >= 4 is 17.5 Å². The molecule has 2 fully saturated rings. The number of aryl methyl sites for hydroxylation is 2. The number of aromatic nitrogens is 3. The second-order valence-electron chi connectivity index (χ2n) is 11.1. The largest absolute Gasteiger partial charge is 0.342 e. The van der Waals surface area contributed by atoms with E-state index < -0.39 is 30.1 Å². The lowest BCUT2D eigenvalue weighted by atomic mass is 9.86. The molecule has 2 aliphatic rings. The van der Waals surface area contributed by atoms with Gasteiger partial charge in [-0.1, -0.05) is 17.7 Å². The number of hydrogen-bond acceptors (Lipinski definition) is 4. The van der Waals surface area contributed by atoms with E-state index >= 15 is 0 Å². The van der Waals surface area contributed by atoms with Gasteiger partial charge in [-0.3, -0.25) is 4.79 Å². The van der Waals surface area contributed by atoms with E-state index in [2.05, 4.69) is 5.10 Å². The maximum absolute atomic E-state index is 14.9. The lowest BCUT2D eigenvalue weighted by Gasteiger charge is -2.34. The van der Waals surface area contributed by atoms with Gasteiger partial charge >= 0.3 is 0 Å². The molecule has 1 saturated carbocycles. The first-order chi connectivity index (χ1) is 19.2. The average molecular weight is 574 g/mol. The van der Waals surface area contributed by atoms with Gasteiger partial charge in [-0.05, 0) is 87.9 Å². The van der Waals surface area contributed by atoms with E-state index in [9.17, 15) is 18.0 Å². The van der Waals surface area contributed by atoms with Crippen LogP contribution in [0, 0.1) is 31.4 Å². The highest BCUT2D eigenvalue weighted by atomic mass is 35.5. The van der Waals surface area contributed by atoms with Gasteiger partial charge in [-0.25, -0.2) is 22.8 Å². The minimum absolute atomic E-state index is 0.0192. The van der Waals surface area contributed by atoms with E-state index in [0.29, 0.717) is 42.3 Å². The third-order valence-corrected chi connectivity index (χ3v) is 9.00. The molecule has 0 radical (unpaired) electrons. The Morgan fingerprint density at radius 2 is 1.85 bits per heavy atom. The minimum Gasteiger partial charge on any atom is -0.342 e. The van der Waals surface area contributed by atoms with Crippen LogP contribution in [0.25, 0.3) is 5.69 Å². The SMILES string of the molecule is Cc1nc(C2CCN(C(=O)[C@@H]3C[C@@H](N(C)CCF)C[C@H]3c3ccc(F)cc3F)CC2)n(-c2ccc(Cl)c(C)c2)n1. The lowest BCUT2D eigenvalue weighted by molar-refractivity contribution is -0.137. The number of nitrogens with zero attached hydrogens (tertiary/aromatic N) is 5. The molecular formula is C30H35ClF3N5O. The first kappa shape index (κ1) is 28.6. The van der Waals surface area contributed by atoms with Crippen molar-refractivity contribution in [2.24, 2.45) is 5.92 Å². The standard InChI is InChI=1S/C30H35ClF3N5O/c1-18-14-22(5-7-27(18)31)39-29(35-19(2)36-39)20-8-11-38(12-9-20)30(40)26-17-23(37(3)13-10-32)16-25(26)24-6-4-21(33)15-28(24)34/h4-7,14-15,20,23,25-26H,8-13,16-17H2,1-3H3/t23-,25-,26+/m0/s1. The van der Waals surface area contributed by atoms with Crippen molar-refractivity contribution < 1.29 is 18.0 Å². The van der Waals surface area contributed by atoms with Crippen molar-refractivity contribution in [2.45, 2.75) is 57.4 Å². The van der Waals surface area contributed by atoms with Crippen molar-refractivity contribution in [3.05, 3.63) is 75.8 Å². The van der Waals surface area contributed by atoms with Crippen LogP contribution in [0.5, 0.6) is 0 Å². The van der Waals surface area contributed by atoms with Crippen LogP contribution in [0.15, 0.2) is 36.4 Å². The van der Waals surface area contributed by atoms with Gasteiger partial charge in [0.2, 0.25) is 5.91 Å². The van der Waals surface area contributed by atoms with Gasteiger partial charge in [-0.15, -0.1) is 0 Å². The lowest BCUT2D eigenvalue weighted by Crippen LogP contribution is -2.42. The number of halogens is 4. The molecule has 3 atom stereocenters. The number of piperidine rings is 1. The molecule has 2 aromatic carbocycles. The Bertz CT molecular complexity index is 1370. The molecule has 1 aromatic heterocycles. The highest BCUT2D eigenvalue weighted by Gasteiger charge is 2.44. The maximum Gasteiger partial charge on any atom is 0.226 e. The second-order valence-corrected chi connectivity index (χ2v) is 11.5. The van der Waals surface area contributed by atoms with Gasteiger partial charge < -0.3 is 9.80 Å². The van der Waals surface area contributed by atoms with Crippen molar-refractivity contribution in [1.29, 1.82) is 0 Å². The van der Waals surface area contributed by atoms with Crippen LogP contribution >= 0.6 is 11.6 Å². The van der Waals surface area contributed by atoms with Crippen LogP contribution in [0.3, 0.4) is 0 Å².